The number of aryl methyl sites for hydroxylation is 1. The van der Waals surface area contributed by atoms with Gasteiger partial charge in [-0.1, -0.05) is 17.7 Å². The first-order valence-corrected chi connectivity index (χ1v) is 20.4. The van der Waals surface area contributed by atoms with E-state index in [0.29, 0.717) is 72.3 Å². The molecule has 14 nitrogen and oxygen atoms in total. The van der Waals surface area contributed by atoms with Gasteiger partial charge in [0.25, 0.3) is 10.1 Å². The summed E-state index contributed by atoms with van der Waals surface area (Å²) in [5.74, 6) is -0.678. The molecule has 3 aliphatic rings. The van der Waals surface area contributed by atoms with Crippen LogP contribution < -0.4 is 29.6 Å². The molecular weight excluding hydrogens is 791 g/mol. The molecule has 0 spiro atoms. The molecule has 2 aliphatic heterocycles. The first kappa shape index (κ1) is 41.3. The molecule has 1 saturated heterocycles. The molecule has 310 valence electrons. The van der Waals surface area contributed by atoms with Crippen LogP contribution in [0.3, 0.4) is 0 Å². The van der Waals surface area contributed by atoms with Gasteiger partial charge in [-0.05, 0) is 80.8 Å². The van der Waals surface area contributed by atoms with Crippen molar-refractivity contribution in [3.05, 3.63) is 102 Å². The van der Waals surface area contributed by atoms with Crippen molar-refractivity contribution in [1.29, 1.82) is 0 Å². The number of carbonyl (C=O) groups is 2. The Morgan fingerprint density at radius 2 is 1.49 bits per heavy atom. The molecule has 8 rings (SSSR count). The summed E-state index contributed by atoms with van der Waals surface area (Å²) in [5, 5.41) is 5.80. The van der Waals surface area contributed by atoms with Crippen LogP contribution in [-0.2, 0) is 24.4 Å². The average Bonchev–Trinajstić information content (AvgIpc) is 4.05. The van der Waals surface area contributed by atoms with Gasteiger partial charge in [-0.15, -0.1) is 0 Å². The lowest BCUT2D eigenvalue weighted by Crippen LogP contribution is -2.37. The van der Waals surface area contributed by atoms with Crippen molar-refractivity contribution in [2.24, 2.45) is 5.41 Å². The molecule has 0 radical (unpaired) electrons. The maximum absolute atomic E-state index is 15.4. The van der Waals surface area contributed by atoms with Gasteiger partial charge in [0, 0.05) is 49.3 Å². The van der Waals surface area contributed by atoms with Crippen molar-refractivity contribution >= 4 is 44.2 Å². The maximum atomic E-state index is 15.4. The summed E-state index contributed by atoms with van der Waals surface area (Å²) >= 11 is 0. The predicted molar refractivity (Wildman–Crippen MR) is 213 cm³/mol. The summed E-state index contributed by atoms with van der Waals surface area (Å²) < 4.78 is 87.7. The molecule has 0 unspecified atom stereocenters. The zero-order valence-electron chi connectivity index (χ0n) is 32.0. The van der Waals surface area contributed by atoms with Gasteiger partial charge in [-0.2, -0.15) is 8.42 Å². The van der Waals surface area contributed by atoms with Crippen LogP contribution in [0, 0.1) is 24.0 Å². The predicted octanol–water partition coefficient (Wildman–Crippen LogP) is 6.78. The lowest BCUT2D eigenvalue weighted by molar-refractivity contribution is -0.131. The van der Waals surface area contributed by atoms with Crippen LogP contribution in [0.5, 0.6) is 28.7 Å². The Balaban J connectivity index is 0.000000417. The van der Waals surface area contributed by atoms with Crippen molar-refractivity contribution in [3.8, 4) is 28.7 Å². The maximum Gasteiger partial charge on any atom is 0.294 e. The Bertz CT molecular complexity index is 2430. The van der Waals surface area contributed by atoms with Crippen LogP contribution in [0.4, 0.5) is 20.2 Å². The largest absolute Gasteiger partial charge is 0.489 e. The second-order valence-electron chi connectivity index (χ2n) is 14.1. The lowest BCUT2D eigenvalue weighted by atomic mass is 10.0. The Kier molecular flexibility index (Phi) is 12.6. The van der Waals surface area contributed by atoms with Gasteiger partial charge in [0.1, 0.15) is 30.2 Å². The molecule has 0 atom stereocenters. The van der Waals surface area contributed by atoms with Crippen LogP contribution >= 0.6 is 0 Å². The summed E-state index contributed by atoms with van der Waals surface area (Å²) in [6, 6.07) is 18.6. The molecule has 3 heterocycles. The SMILES string of the molecule is Cc1ccc(S(=O)(=O)O)cc1.O=C(Nc1ccc(F)cc1)C1(C(=O)Nc2ccc(Oc3ccnc4cc(OCCCN5CCOCC5)c5c(c34)OCCO5)c(F)c2)CC1. The fourth-order valence-corrected chi connectivity index (χ4v) is 6.95. The monoisotopic (exact) mass is 832 g/mol. The highest BCUT2D eigenvalue weighted by molar-refractivity contribution is 7.85. The summed E-state index contributed by atoms with van der Waals surface area (Å²) in [7, 11) is -4.02. The highest BCUT2D eigenvalue weighted by Gasteiger charge is 2.56. The van der Waals surface area contributed by atoms with Gasteiger partial charge in [-0.25, -0.2) is 8.78 Å². The van der Waals surface area contributed by atoms with Crippen LogP contribution in [0.2, 0.25) is 0 Å². The quantitative estimate of drug-likeness (QED) is 0.0685. The number of hydrogen-bond donors (Lipinski definition) is 3. The summed E-state index contributed by atoms with van der Waals surface area (Å²) in [6.45, 7) is 7.17. The minimum atomic E-state index is -4.02. The van der Waals surface area contributed by atoms with Gasteiger partial charge in [0.15, 0.2) is 23.1 Å². The van der Waals surface area contributed by atoms with E-state index in [1.54, 1.807) is 30.5 Å². The third kappa shape index (κ3) is 10.1. The first-order chi connectivity index (χ1) is 28.4. The minimum absolute atomic E-state index is 0.0666. The van der Waals surface area contributed by atoms with E-state index < -0.39 is 39.0 Å². The highest BCUT2D eigenvalue weighted by Crippen LogP contribution is 2.49. The molecule has 3 N–H and O–H groups in total. The number of nitrogens with one attached hydrogen (secondary N) is 2. The average molecular weight is 833 g/mol. The fraction of sp³-hybridized carbons (Fsp3) is 0.310. The van der Waals surface area contributed by atoms with Gasteiger partial charge < -0.3 is 34.3 Å². The molecular formula is C42H42F2N4O10S. The van der Waals surface area contributed by atoms with E-state index in [1.807, 2.05) is 6.92 Å². The fourth-order valence-electron chi connectivity index (χ4n) is 6.47. The summed E-state index contributed by atoms with van der Waals surface area (Å²) in [4.78, 5) is 32.8. The molecule has 2 amide bonds. The Hall–Kier alpha value is -5.88. The van der Waals surface area contributed by atoms with Crippen molar-refractivity contribution in [2.75, 3.05) is 63.3 Å². The zero-order valence-corrected chi connectivity index (χ0v) is 32.9. The molecule has 1 aliphatic carbocycles. The smallest absolute Gasteiger partial charge is 0.294 e. The van der Waals surface area contributed by atoms with Gasteiger partial charge in [-0.3, -0.25) is 24.0 Å². The van der Waals surface area contributed by atoms with Crippen LogP contribution in [0.15, 0.2) is 90.0 Å². The molecule has 17 heteroatoms. The summed E-state index contributed by atoms with van der Waals surface area (Å²) in [6.07, 6.45) is 3.04. The number of amides is 2. The van der Waals surface area contributed by atoms with E-state index in [0.717, 1.165) is 50.9 Å². The van der Waals surface area contributed by atoms with Crippen molar-refractivity contribution in [3.63, 3.8) is 0 Å². The van der Waals surface area contributed by atoms with Crippen molar-refractivity contribution in [1.82, 2.24) is 9.88 Å². The minimum Gasteiger partial charge on any atom is -0.489 e. The van der Waals surface area contributed by atoms with Crippen LogP contribution in [-0.4, -0.2) is 87.3 Å². The van der Waals surface area contributed by atoms with E-state index in [2.05, 4.69) is 20.5 Å². The molecule has 2 fully saturated rings. The van der Waals surface area contributed by atoms with Gasteiger partial charge in [0.2, 0.25) is 17.6 Å². The van der Waals surface area contributed by atoms with Crippen LogP contribution in [0.25, 0.3) is 10.9 Å². The van der Waals surface area contributed by atoms with Crippen molar-refractivity contribution in [2.45, 2.75) is 31.1 Å². The zero-order chi connectivity index (χ0) is 41.6. The van der Waals surface area contributed by atoms with E-state index in [1.165, 1.54) is 48.5 Å². The highest BCUT2D eigenvalue weighted by atomic mass is 32.2. The standard InChI is InChI=1S/C35H34F2N4O7.C7H8O3S/c36-22-2-4-23(5-3-22)39-33(42)35(9-10-35)34(43)40-24-6-7-27(25(37)20-24)48-28-8-11-38-26-21-29(31-32(30(26)28)47-19-18-46-31)45-15-1-12-41-13-16-44-17-14-41;1-6-2-4-7(5-3-6)11(8,9)10/h2-8,11,20-21H,1,9-10,12-19H2,(H,39,42)(H,40,43);2-5H,1H3,(H,8,9,10). The number of benzene rings is 4. The Morgan fingerprint density at radius 1 is 0.831 bits per heavy atom. The number of pyridine rings is 1. The molecule has 0 bridgehead atoms. The van der Waals surface area contributed by atoms with E-state index in [9.17, 15) is 22.4 Å². The van der Waals surface area contributed by atoms with Crippen molar-refractivity contribution < 1.29 is 55.0 Å². The summed E-state index contributed by atoms with van der Waals surface area (Å²) in [5.41, 5.74) is 0.728. The number of hydrogen-bond acceptors (Lipinski definition) is 11. The second kappa shape index (κ2) is 17.9. The van der Waals surface area contributed by atoms with E-state index in [-0.39, 0.29) is 16.3 Å². The van der Waals surface area contributed by atoms with Gasteiger partial charge >= 0.3 is 0 Å². The number of anilines is 2. The second-order valence-corrected chi connectivity index (χ2v) is 15.5. The number of nitrogens with zero attached hydrogens (tertiary/aromatic N) is 2. The molecule has 59 heavy (non-hydrogen) atoms. The number of rotatable bonds is 12. The van der Waals surface area contributed by atoms with Gasteiger partial charge in [0.05, 0.1) is 35.6 Å². The lowest BCUT2D eigenvalue weighted by Gasteiger charge is -2.26. The number of halogens is 2. The van der Waals surface area contributed by atoms with E-state index >= 15 is 4.39 Å². The third-order valence-corrected chi connectivity index (χ3v) is 10.7. The number of ether oxygens (including phenoxy) is 5. The number of morpholine rings is 1. The number of fused-ring (bicyclic) bond motifs is 3. The number of carbonyl (C=O) groups excluding carboxylic acids is 2. The molecule has 1 aromatic heterocycles. The number of aromatic nitrogens is 1. The van der Waals surface area contributed by atoms with Crippen LogP contribution in [0.1, 0.15) is 24.8 Å². The molecule has 4 aromatic carbocycles. The third-order valence-electron chi connectivity index (χ3n) is 9.87. The van der Waals surface area contributed by atoms with E-state index in [4.69, 9.17) is 28.2 Å². The Labute approximate surface area is 339 Å². The topological polar surface area (TPSA) is 175 Å². The normalized spacial score (nSPS) is 15.7. The molecule has 1 saturated carbocycles. The molecule has 5 aromatic rings. The first-order valence-electron chi connectivity index (χ1n) is 18.9. The Morgan fingerprint density at radius 3 is 2.15 bits per heavy atom.